The summed E-state index contributed by atoms with van der Waals surface area (Å²) in [6.45, 7) is 7.55. The smallest absolute Gasteiger partial charge is 0.244 e. The van der Waals surface area contributed by atoms with Crippen LogP contribution in [0.15, 0.2) is 24.3 Å². The van der Waals surface area contributed by atoms with Gasteiger partial charge in [-0.05, 0) is 56.4 Å². The number of ether oxygens (including phenoxy) is 1. The molecule has 3 fully saturated rings. The second kappa shape index (κ2) is 11.4. The number of nitrogens with zero attached hydrogens (tertiary/aromatic N) is 1. The number of anilines is 1. The minimum Gasteiger partial charge on any atom is -0.494 e. The van der Waals surface area contributed by atoms with Crippen LogP contribution < -0.4 is 15.4 Å². The lowest BCUT2D eigenvalue weighted by atomic mass is 9.66. The fourth-order valence-electron chi connectivity index (χ4n) is 6.31. The van der Waals surface area contributed by atoms with Gasteiger partial charge >= 0.3 is 0 Å². The molecule has 8 nitrogen and oxygen atoms in total. The number of carbonyl (C=O) groups is 3. The summed E-state index contributed by atoms with van der Waals surface area (Å²) in [5, 5.41) is 15.5. The van der Waals surface area contributed by atoms with Gasteiger partial charge in [0.25, 0.3) is 0 Å². The molecule has 36 heavy (non-hydrogen) atoms. The summed E-state index contributed by atoms with van der Waals surface area (Å²) in [6, 6.07) is 6.61. The third-order valence-corrected chi connectivity index (χ3v) is 9.94. The van der Waals surface area contributed by atoms with Gasteiger partial charge in [0.2, 0.25) is 17.7 Å². The molecule has 3 aliphatic rings. The Kier molecular flexibility index (Phi) is 8.50. The molecule has 4 rings (SSSR count). The quantitative estimate of drug-likeness (QED) is 0.368. The fourth-order valence-corrected chi connectivity index (χ4v) is 8.73. The highest BCUT2D eigenvalue weighted by Gasteiger charge is 2.75. The Bertz CT molecular complexity index is 957. The lowest BCUT2D eigenvalue weighted by Gasteiger charge is -2.38. The average molecular weight is 518 g/mol. The lowest BCUT2D eigenvalue weighted by molar-refractivity contribution is -0.139. The van der Waals surface area contributed by atoms with E-state index in [1.54, 1.807) is 28.8 Å². The maximum atomic E-state index is 13.9. The van der Waals surface area contributed by atoms with Crippen LogP contribution in [0.5, 0.6) is 5.75 Å². The predicted octanol–water partition coefficient (Wildman–Crippen LogP) is 3.05. The Labute approximate surface area is 217 Å². The molecule has 9 heteroatoms. The van der Waals surface area contributed by atoms with Gasteiger partial charge in [-0.3, -0.25) is 14.4 Å². The van der Waals surface area contributed by atoms with Gasteiger partial charge in [0, 0.05) is 30.6 Å². The Balaban J connectivity index is 1.58. The molecule has 2 bridgehead atoms. The minimum atomic E-state index is -0.632. The van der Waals surface area contributed by atoms with E-state index in [0.29, 0.717) is 31.8 Å². The van der Waals surface area contributed by atoms with Crippen molar-refractivity contribution in [1.29, 1.82) is 0 Å². The van der Waals surface area contributed by atoms with Crippen LogP contribution in [-0.2, 0) is 14.4 Å². The first kappa shape index (κ1) is 26.8. The van der Waals surface area contributed by atoms with E-state index in [9.17, 15) is 19.5 Å². The number of rotatable bonds is 12. The minimum absolute atomic E-state index is 0.00738. The number of thioether (sulfide) groups is 1. The van der Waals surface area contributed by atoms with Gasteiger partial charge < -0.3 is 25.4 Å². The number of amides is 3. The van der Waals surface area contributed by atoms with Crippen LogP contribution in [0.25, 0.3) is 0 Å². The first-order valence-electron chi connectivity index (χ1n) is 13.3. The van der Waals surface area contributed by atoms with Crippen molar-refractivity contribution in [3.8, 4) is 5.75 Å². The molecule has 0 aliphatic carbocycles. The number of nitrogens with one attached hydrogen (secondary N) is 2. The molecule has 3 unspecified atom stereocenters. The van der Waals surface area contributed by atoms with E-state index in [1.807, 2.05) is 19.1 Å². The zero-order chi connectivity index (χ0) is 25.9. The second-order valence-electron chi connectivity index (χ2n) is 10.1. The average Bonchev–Trinajstić information content (AvgIpc) is 3.45. The van der Waals surface area contributed by atoms with E-state index >= 15 is 0 Å². The number of likely N-dealkylation sites (tertiary alicyclic amines) is 1. The van der Waals surface area contributed by atoms with E-state index in [2.05, 4.69) is 24.5 Å². The summed E-state index contributed by atoms with van der Waals surface area (Å²) in [5.74, 6) is -0.629. The van der Waals surface area contributed by atoms with Crippen LogP contribution in [0, 0.1) is 17.8 Å². The number of aliphatic hydroxyl groups excluding tert-OH is 1. The van der Waals surface area contributed by atoms with Crippen molar-refractivity contribution >= 4 is 35.2 Å². The number of hydrogen-bond acceptors (Lipinski definition) is 6. The zero-order valence-corrected chi connectivity index (χ0v) is 22.3. The van der Waals surface area contributed by atoms with Gasteiger partial charge in [-0.2, -0.15) is 0 Å². The first-order valence-corrected chi connectivity index (χ1v) is 14.2. The van der Waals surface area contributed by atoms with Crippen LogP contribution in [0.4, 0.5) is 5.69 Å². The molecule has 0 saturated carbocycles. The maximum Gasteiger partial charge on any atom is 0.244 e. The molecule has 3 saturated heterocycles. The van der Waals surface area contributed by atoms with E-state index in [-0.39, 0.29) is 35.5 Å². The molecule has 198 valence electrons. The highest BCUT2D eigenvalue weighted by Crippen LogP contribution is 2.68. The van der Waals surface area contributed by atoms with E-state index in [4.69, 9.17) is 4.74 Å². The standard InChI is InChI=1S/C27H39N3O5S/c1-4-6-7-13-28-25(33)23-27-17(3)16-20(36-27)21(22(27)26(34)30(23)14-8-15-31)24(32)29-18-9-11-19(12-10-18)35-5-2/h9-12,17,20-23,31H,4-8,13-16H2,1-3H3,(H,28,33)(H,29,32)/t17?,20-,21+,22+,23?,27?/m1/s1. The zero-order valence-electron chi connectivity index (χ0n) is 21.5. The van der Waals surface area contributed by atoms with Crippen molar-refractivity contribution < 1.29 is 24.2 Å². The third kappa shape index (κ3) is 4.72. The van der Waals surface area contributed by atoms with Crippen molar-refractivity contribution in [2.24, 2.45) is 17.8 Å². The highest BCUT2D eigenvalue weighted by molar-refractivity contribution is 8.02. The van der Waals surface area contributed by atoms with Crippen molar-refractivity contribution in [3.63, 3.8) is 0 Å². The molecule has 0 aromatic heterocycles. The molecular formula is C27H39N3O5S. The summed E-state index contributed by atoms with van der Waals surface area (Å²) < 4.78 is 4.85. The van der Waals surface area contributed by atoms with Crippen LogP contribution in [0.3, 0.4) is 0 Å². The molecule has 3 N–H and O–H groups in total. The number of aliphatic hydroxyl groups is 1. The number of carbonyl (C=O) groups excluding carboxylic acids is 3. The van der Waals surface area contributed by atoms with Crippen molar-refractivity contribution in [1.82, 2.24) is 10.2 Å². The van der Waals surface area contributed by atoms with Crippen LogP contribution in [0.1, 0.15) is 52.9 Å². The first-order chi connectivity index (χ1) is 17.4. The van der Waals surface area contributed by atoms with Gasteiger partial charge in [0.05, 0.1) is 23.2 Å². The molecule has 3 amide bonds. The van der Waals surface area contributed by atoms with Crippen LogP contribution >= 0.6 is 11.8 Å². The summed E-state index contributed by atoms with van der Waals surface area (Å²) in [4.78, 5) is 42.6. The maximum absolute atomic E-state index is 13.9. The highest BCUT2D eigenvalue weighted by atomic mass is 32.2. The van der Waals surface area contributed by atoms with E-state index in [1.165, 1.54) is 0 Å². The summed E-state index contributed by atoms with van der Waals surface area (Å²) in [6.07, 6.45) is 4.19. The number of hydrogen-bond donors (Lipinski definition) is 3. The van der Waals surface area contributed by atoms with Gasteiger partial charge in [-0.25, -0.2) is 0 Å². The normalized spacial score (nSPS) is 30.4. The van der Waals surface area contributed by atoms with Gasteiger partial charge in [0.15, 0.2) is 0 Å². The van der Waals surface area contributed by atoms with Crippen molar-refractivity contribution in [3.05, 3.63) is 24.3 Å². The molecular weight excluding hydrogens is 478 g/mol. The molecule has 1 aromatic carbocycles. The Morgan fingerprint density at radius 3 is 2.58 bits per heavy atom. The molecule has 1 spiro atoms. The van der Waals surface area contributed by atoms with Gasteiger partial charge in [-0.1, -0.05) is 26.7 Å². The Morgan fingerprint density at radius 2 is 1.92 bits per heavy atom. The molecule has 3 aliphatic heterocycles. The second-order valence-corrected chi connectivity index (χ2v) is 11.7. The SMILES string of the molecule is CCCCCNC(=O)C1N(CCCO)C(=O)[C@@H]2[C@@H](C(=O)Nc3ccc(OCC)cc3)[C@H]3CC(C)C12S3. The largest absolute Gasteiger partial charge is 0.494 e. The predicted molar refractivity (Wildman–Crippen MR) is 141 cm³/mol. The topological polar surface area (TPSA) is 108 Å². The fraction of sp³-hybridized carbons (Fsp3) is 0.667. The molecule has 1 aromatic rings. The van der Waals surface area contributed by atoms with Crippen LogP contribution in [-0.4, -0.2) is 70.1 Å². The number of benzene rings is 1. The van der Waals surface area contributed by atoms with Gasteiger partial charge in [0.1, 0.15) is 11.8 Å². The summed E-state index contributed by atoms with van der Waals surface area (Å²) in [5.41, 5.74) is 0.658. The molecule has 6 atom stereocenters. The van der Waals surface area contributed by atoms with Crippen molar-refractivity contribution in [2.75, 3.05) is 31.6 Å². The number of unbranched alkanes of at least 4 members (excludes halogenated alkanes) is 2. The third-order valence-electron chi connectivity index (χ3n) is 7.87. The van der Waals surface area contributed by atoms with E-state index < -0.39 is 22.6 Å². The van der Waals surface area contributed by atoms with Gasteiger partial charge in [-0.15, -0.1) is 11.8 Å². The lowest BCUT2D eigenvalue weighted by Crippen LogP contribution is -2.56. The molecule has 3 heterocycles. The molecule has 0 radical (unpaired) electrons. The van der Waals surface area contributed by atoms with E-state index in [0.717, 1.165) is 31.4 Å². The Hall–Kier alpha value is -2.26. The summed E-state index contributed by atoms with van der Waals surface area (Å²) >= 11 is 1.67. The van der Waals surface area contributed by atoms with Crippen molar-refractivity contribution in [2.45, 2.75) is 68.9 Å². The Morgan fingerprint density at radius 1 is 1.17 bits per heavy atom. The number of fused-ring (bicyclic) bond motifs is 1. The monoisotopic (exact) mass is 517 g/mol. The van der Waals surface area contributed by atoms with Crippen LogP contribution in [0.2, 0.25) is 0 Å². The summed E-state index contributed by atoms with van der Waals surface area (Å²) in [7, 11) is 0.